The number of carbonyl (C=O) groups excluding carboxylic acids is 1. The van der Waals surface area contributed by atoms with E-state index in [1.165, 1.54) is 7.11 Å². The molecule has 0 amide bonds. The molecule has 0 aromatic rings. The van der Waals surface area contributed by atoms with Crippen LogP contribution in [0.3, 0.4) is 0 Å². The van der Waals surface area contributed by atoms with Gasteiger partial charge in [0.05, 0.1) is 0 Å². The molecule has 0 aliphatic carbocycles. The summed E-state index contributed by atoms with van der Waals surface area (Å²) in [7, 11) is 1.39. The molecule has 0 fully saturated rings. The third-order valence-corrected chi connectivity index (χ3v) is 2.00. The number of esters is 1. The van der Waals surface area contributed by atoms with Crippen molar-refractivity contribution in [2.24, 2.45) is 5.92 Å². The van der Waals surface area contributed by atoms with Crippen LogP contribution in [-0.2, 0) is 19.1 Å². The standard InChI is InChI=1S/C10H18O5/c1-5-6-7(8(11)12)9(13)15-10(2,3)14-4/h7H,5-6H2,1-4H3,(H,11,12). The number of hydrogen-bond acceptors (Lipinski definition) is 4. The van der Waals surface area contributed by atoms with Gasteiger partial charge in [0, 0.05) is 21.0 Å². The minimum absolute atomic E-state index is 0.272. The second-order valence-electron chi connectivity index (χ2n) is 3.70. The lowest BCUT2D eigenvalue weighted by Gasteiger charge is -2.24. The molecule has 15 heavy (non-hydrogen) atoms. The number of carboxylic acid groups (broad SMARTS) is 1. The van der Waals surface area contributed by atoms with Crippen LogP contribution in [0.4, 0.5) is 0 Å². The summed E-state index contributed by atoms with van der Waals surface area (Å²) < 4.78 is 9.80. The first-order chi connectivity index (χ1) is 6.84. The van der Waals surface area contributed by atoms with Crippen molar-refractivity contribution in [1.29, 1.82) is 0 Å². The van der Waals surface area contributed by atoms with Gasteiger partial charge >= 0.3 is 11.9 Å². The number of carboxylic acids is 1. The van der Waals surface area contributed by atoms with Crippen LogP contribution in [0.1, 0.15) is 33.6 Å². The topological polar surface area (TPSA) is 72.8 Å². The van der Waals surface area contributed by atoms with Crippen molar-refractivity contribution in [2.75, 3.05) is 7.11 Å². The zero-order valence-corrected chi connectivity index (χ0v) is 9.57. The van der Waals surface area contributed by atoms with E-state index in [0.29, 0.717) is 6.42 Å². The van der Waals surface area contributed by atoms with Crippen LogP contribution in [0.5, 0.6) is 0 Å². The molecule has 0 aliphatic heterocycles. The van der Waals surface area contributed by atoms with E-state index in [1.54, 1.807) is 13.8 Å². The third kappa shape index (κ3) is 4.78. The zero-order chi connectivity index (χ0) is 12.1. The molecule has 1 atom stereocenters. The van der Waals surface area contributed by atoms with E-state index in [-0.39, 0.29) is 6.42 Å². The highest BCUT2D eigenvalue weighted by atomic mass is 16.7. The molecule has 1 N–H and O–H groups in total. The van der Waals surface area contributed by atoms with Crippen molar-refractivity contribution in [3.05, 3.63) is 0 Å². The Bertz CT molecular complexity index is 234. The van der Waals surface area contributed by atoms with Gasteiger partial charge in [0.2, 0.25) is 5.79 Å². The summed E-state index contributed by atoms with van der Waals surface area (Å²) in [6, 6.07) is 0. The smallest absolute Gasteiger partial charge is 0.322 e. The molecule has 0 saturated heterocycles. The van der Waals surface area contributed by atoms with Gasteiger partial charge in [-0.1, -0.05) is 13.3 Å². The van der Waals surface area contributed by atoms with Gasteiger partial charge < -0.3 is 14.6 Å². The lowest BCUT2D eigenvalue weighted by molar-refractivity contribution is -0.211. The van der Waals surface area contributed by atoms with Gasteiger partial charge in [-0.15, -0.1) is 0 Å². The number of aliphatic carboxylic acids is 1. The summed E-state index contributed by atoms with van der Waals surface area (Å²) >= 11 is 0. The fourth-order valence-corrected chi connectivity index (χ4v) is 0.986. The van der Waals surface area contributed by atoms with Crippen LogP contribution in [0, 0.1) is 5.92 Å². The molecule has 0 heterocycles. The lowest BCUT2D eigenvalue weighted by atomic mass is 10.0. The van der Waals surface area contributed by atoms with E-state index in [1.807, 2.05) is 6.92 Å². The molecule has 0 spiro atoms. The molecule has 5 nitrogen and oxygen atoms in total. The first-order valence-corrected chi connectivity index (χ1v) is 4.85. The maximum atomic E-state index is 11.5. The Balaban J connectivity index is 4.45. The highest BCUT2D eigenvalue weighted by Crippen LogP contribution is 2.16. The van der Waals surface area contributed by atoms with Gasteiger partial charge in [0.1, 0.15) is 0 Å². The molecule has 5 heteroatoms. The summed E-state index contributed by atoms with van der Waals surface area (Å²) in [6.07, 6.45) is 0.882. The van der Waals surface area contributed by atoms with Crippen LogP contribution in [-0.4, -0.2) is 29.9 Å². The fraction of sp³-hybridized carbons (Fsp3) is 0.800. The monoisotopic (exact) mass is 218 g/mol. The summed E-state index contributed by atoms with van der Waals surface area (Å²) in [6.45, 7) is 4.91. The molecule has 1 unspecified atom stereocenters. The lowest BCUT2D eigenvalue weighted by Crippen LogP contribution is -2.35. The molecule has 0 rings (SSSR count). The van der Waals surface area contributed by atoms with Gasteiger partial charge in [0.15, 0.2) is 5.92 Å². The van der Waals surface area contributed by atoms with E-state index >= 15 is 0 Å². The second-order valence-corrected chi connectivity index (χ2v) is 3.70. The number of ether oxygens (including phenoxy) is 2. The van der Waals surface area contributed by atoms with Crippen LogP contribution in [0.2, 0.25) is 0 Å². The van der Waals surface area contributed by atoms with Crippen molar-refractivity contribution < 1.29 is 24.2 Å². The predicted molar refractivity (Wildman–Crippen MR) is 53.2 cm³/mol. The average molecular weight is 218 g/mol. The summed E-state index contributed by atoms with van der Waals surface area (Å²) in [5, 5.41) is 8.80. The minimum atomic E-state index is -1.16. The Morgan fingerprint density at radius 2 is 1.93 bits per heavy atom. The molecule has 0 aliphatic rings. The van der Waals surface area contributed by atoms with Gasteiger partial charge in [-0.25, -0.2) is 0 Å². The minimum Gasteiger partial charge on any atom is -0.481 e. The number of carbonyl (C=O) groups is 2. The van der Waals surface area contributed by atoms with Crippen LogP contribution >= 0.6 is 0 Å². The third-order valence-electron chi connectivity index (χ3n) is 2.00. The van der Waals surface area contributed by atoms with Crippen molar-refractivity contribution in [1.82, 2.24) is 0 Å². The molecule has 0 aromatic heterocycles. The van der Waals surface area contributed by atoms with Crippen LogP contribution < -0.4 is 0 Å². The van der Waals surface area contributed by atoms with E-state index in [9.17, 15) is 9.59 Å². The molecule has 0 aromatic carbocycles. The number of methoxy groups -OCH3 is 1. The number of hydrogen-bond donors (Lipinski definition) is 1. The fourth-order valence-electron chi connectivity index (χ4n) is 0.986. The van der Waals surface area contributed by atoms with Gasteiger partial charge in [-0.3, -0.25) is 9.59 Å². The molecular weight excluding hydrogens is 200 g/mol. The Labute approximate surface area is 89.4 Å². The predicted octanol–water partition coefficient (Wildman–Crippen LogP) is 1.41. The summed E-state index contributed by atoms with van der Waals surface area (Å²) in [5.74, 6) is -4.10. The van der Waals surface area contributed by atoms with E-state index < -0.39 is 23.6 Å². The van der Waals surface area contributed by atoms with E-state index in [4.69, 9.17) is 14.6 Å². The largest absolute Gasteiger partial charge is 0.481 e. The Morgan fingerprint density at radius 3 is 2.27 bits per heavy atom. The van der Waals surface area contributed by atoms with Crippen LogP contribution in [0.25, 0.3) is 0 Å². The van der Waals surface area contributed by atoms with E-state index in [0.717, 1.165) is 0 Å². The van der Waals surface area contributed by atoms with Gasteiger partial charge in [-0.2, -0.15) is 0 Å². The van der Waals surface area contributed by atoms with Gasteiger partial charge in [-0.05, 0) is 6.42 Å². The molecule has 0 radical (unpaired) electrons. The normalized spacial score (nSPS) is 13.3. The quantitative estimate of drug-likeness (QED) is 0.414. The highest BCUT2D eigenvalue weighted by Gasteiger charge is 2.31. The summed E-state index contributed by atoms with van der Waals surface area (Å²) in [4.78, 5) is 22.2. The van der Waals surface area contributed by atoms with Crippen molar-refractivity contribution in [2.45, 2.75) is 39.4 Å². The molecular formula is C10H18O5. The molecule has 0 bridgehead atoms. The molecule has 88 valence electrons. The van der Waals surface area contributed by atoms with Gasteiger partial charge in [0.25, 0.3) is 0 Å². The zero-order valence-electron chi connectivity index (χ0n) is 9.57. The van der Waals surface area contributed by atoms with Crippen molar-refractivity contribution >= 4 is 11.9 Å². The number of rotatable bonds is 6. The average Bonchev–Trinajstić information content (AvgIpc) is 2.12. The second kappa shape index (κ2) is 5.70. The molecule has 0 saturated carbocycles. The van der Waals surface area contributed by atoms with Crippen LogP contribution in [0.15, 0.2) is 0 Å². The highest BCUT2D eigenvalue weighted by molar-refractivity contribution is 5.93. The SMILES string of the molecule is CCCC(C(=O)O)C(=O)OC(C)(C)OC. The Hall–Kier alpha value is -1.10. The summed E-state index contributed by atoms with van der Waals surface area (Å²) in [5.41, 5.74) is 0. The first kappa shape index (κ1) is 13.9. The van der Waals surface area contributed by atoms with E-state index in [2.05, 4.69) is 0 Å². The van der Waals surface area contributed by atoms with Crippen molar-refractivity contribution in [3.8, 4) is 0 Å². The maximum Gasteiger partial charge on any atom is 0.322 e. The Kier molecular flexibility index (Phi) is 5.28. The maximum absolute atomic E-state index is 11.5. The first-order valence-electron chi connectivity index (χ1n) is 4.85. The van der Waals surface area contributed by atoms with Crippen molar-refractivity contribution in [3.63, 3.8) is 0 Å². The Morgan fingerprint density at radius 1 is 1.40 bits per heavy atom.